The molecule has 4 bridgehead atoms. The summed E-state index contributed by atoms with van der Waals surface area (Å²) in [5.74, 6) is 3.08. The van der Waals surface area contributed by atoms with Gasteiger partial charge in [0.05, 0.1) is 0 Å². The summed E-state index contributed by atoms with van der Waals surface area (Å²) in [7, 11) is 0. The first-order valence-electron chi connectivity index (χ1n) is 20.1. The van der Waals surface area contributed by atoms with Crippen LogP contribution in [0.3, 0.4) is 0 Å². The minimum Gasteiger partial charge on any atom is -0.354 e. The number of carbonyl (C=O) groups is 4. The first-order chi connectivity index (χ1) is 22.5. The number of Topliss-reactive ketones (excluding diaryl/α,β-unsaturated/α-hetero) is 2. The maximum absolute atomic E-state index is 14.1. The quantitative estimate of drug-likeness (QED) is 0.293. The van der Waals surface area contributed by atoms with Crippen LogP contribution in [-0.2, 0) is 19.2 Å². The van der Waals surface area contributed by atoms with Crippen molar-refractivity contribution in [3.8, 4) is 0 Å². The van der Waals surface area contributed by atoms with Crippen LogP contribution in [0.1, 0.15) is 157 Å². The number of hydrogen-bond donors (Lipinski definition) is 2. The van der Waals surface area contributed by atoms with Gasteiger partial charge in [-0.05, 0) is 135 Å². The molecule has 0 aromatic rings. The van der Waals surface area contributed by atoms with Gasteiger partial charge in [0.1, 0.15) is 11.6 Å². The number of carbonyl (C=O) groups excluding carboxylic acids is 4. The lowest BCUT2D eigenvalue weighted by Gasteiger charge is -2.64. The van der Waals surface area contributed by atoms with E-state index < -0.39 is 10.8 Å². The van der Waals surface area contributed by atoms with Gasteiger partial charge in [-0.2, -0.15) is 0 Å². The third-order valence-corrected chi connectivity index (χ3v) is 18.4. The maximum Gasteiger partial charge on any atom is 0.226 e. The van der Waals surface area contributed by atoms with Crippen LogP contribution in [0.4, 0.5) is 0 Å². The topological polar surface area (TPSA) is 92.3 Å². The Morgan fingerprint density at radius 1 is 0.542 bits per heavy atom. The Hall–Kier alpha value is -1.72. The van der Waals surface area contributed by atoms with Crippen molar-refractivity contribution in [3.05, 3.63) is 0 Å². The molecule has 0 heterocycles. The Morgan fingerprint density at radius 3 is 1.31 bits per heavy atom. The monoisotopic (exact) mass is 660 g/mol. The van der Waals surface area contributed by atoms with E-state index in [1.807, 2.05) is 0 Å². The van der Waals surface area contributed by atoms with Crippen molar-refractivity contribution < 1.29 is 19.2 Å². The molecule has 12 atom stereocenters. The highest BCUT2D eigenvalue weighted by Crippen LogP contribution is 2.74. The zero-order valence-electron chi connectivity index (χ0n) is 31.1. The molecule has 0 aromatic heterocycles. The minimum atomic E-state index is -0.408. The van der Waals surface area contributed by atoms with E-state index in [0.29, 0.717) is 48.3 Å². The summed E-state index contributed by atoms with van der Waals surface area (Å²) >= 11 is 0. The number of amides is 2. The van der Waals surface area contributed by atoms with Gasteiger partial charge in [0.25, 0.3) is 0 Å². The summed E-state index contributed by atoms with van der Waals surface area (Å²) < 4.78 is 0. The molecule has 2 N–H and O–H groups in total. The predicted octanol–water partition coefficient (Wildman–Crippen LogP) is 7.96. The van der Waals surface area contributed by atoms with E-state index in [-0.39, 0.29) is 44.3 Å². The van der Waals surface area contributed by atoms with Gasteiger partial charge in [-0.15, -0.1) is 0 Å². The molecule has 8 aliphatic rings. The van der Waals surface area contributed by atoms with Gasteiger partial charge in [-0.1, -0.05) is 54.4 Å². The fourth-order valence-corrected chi connectivity index (χ4v) is 16.3. The highest BCUT2D eigenvalue weighted by atomic mass is 16.2. The van der Waals surface area contributed by atoms with E-state index in [1.54, 1.807) is 0 Å². The van der Waals surface area contributed by atoms with Gasteiger partial charge >= 0.3 is 0 Å². The van der Waals surface area contributed by atoms with Gasteiger partial charge in [0.15, 0.2) is 0 Å². The Bertz CT molecular complexity index is 1340. The Labute approximate surface area is 289 Å². The van der Waals surface area contributed by atoms with Crippen LogP contribution in [0.2, 0.25) is 0 Å². The van der Waals surface area contributed by atoms with Crippen molar-refractivity contribution in [2.24, 2.45) is 67.0 Å². The summed E-state index contributed by atoms with van der Waals surface area (Å²) in [4.78, 5) is 54.5. The van der Waals surface area contributed by atoms with Crippen LogP contribution in [0.15, 0.2) is 0 Å². The molecular formula is C42H64N2O4. The molecule has 0 aliphatic heterocycles. The second-order valence-electron chi connectivity index (χ2n) is 20.8. The lowest BCUT2D eigenvalue weighted by atomic mass is 9.40. The normalized spacial score (nSPS) is 53.6. The molecule has 8 aliphatic carbocycles. The second kappa shape index (κ2) is 10.4. The zero-order chi connectivity index (χ0) is 34.2. The van der Waals surface area contributed by atoms with Crippen molar-refractivity contribution in [3.63, 3.8) is 0 Å². The molecule has 0 saturated heterocycles. The molecule has 48 heavy (non-hydrogen) atoms. The van der Waals surface area contributed by atoms with E-state index in [1.165, 1.54) is 12.8 Å². The van der Waals surface area contributed by atoms with Crippen molar-refractivity contribution in [2.45, 2.75) is 157 Å². The molecule has 2 amide bonds. The first kappa shape index (κ1) is 33.4. The van der Waals surface area contributed by atoms with E-state index >= 15 is 0 Å². The zero-order valence-corrected chi connectivity index (χ0v) is 31.1. The van der Waals surface area contributed by atoms with Crippen molar-refractivity contribution in [1.82, 2.24) is 10.6 Å². The van der Waals surface area contributed by atoms with Gasteiger partial charge < -0.3 is 10.6 Å². The molecule has 8 fully saturated rings. The van der Waals surface area contributed by atoms with Crippen LogP contribution >= 0.6 is 0 Å². The third-order valence-electron chi connectivity index (χ3n) is 18.4. The molecule has 0 radical (unpaired) electrons. The SMILES string of the molecule is C[C@]12CC[C@@H]3[C@](CC[C@H]4[C@@]3(C)CCC[C@@]4(C)C(=O)NCCNC(=O)[C@]3(C)CCC[C@@]4(C)[C@@H]5CC[C@]6(C)C[C@@]5(CC[C@@H]43)CC6=O)(CC1=O)C2. The highest BCUT2D eigenvalue weighted by molar-refractivity contribution is 5.89. The molecule has 2 spiro atoms. The van der Waals surface area contributed by atoms with Crippen LogP contribution in [0.25, 0.3) is 0 Å². The number of nitrogens with one attached hydrogen (secondary N) is 2. The number of hydrogen-bond acceptors (Lipinski definition) is 4. The van der Waals surface area contributed by atoms with Crippen LogP contribution < -0.4 is 10.6 Å². The first-order valence-corrected chi connectivity index (χ1v) is 20.1. The Balaban J connectivity index is 0.907. The van der Waals surface area contributed by atoms with Crippen molar-refractivity contribution >= 4 is 23.4 Å². The molecular weight excluding hydrogens is 596 g/mol. The molecule has 6 nitrogen and oxygen atoms in total. The van der Waals surface area contributed by atoms with Crippen LogP contribution in [0, 0.1) is 67.0 Å². The second-order valence-corrected chi connectivity index (χ2v) is 20.8. The largest absolute Gasteiger partial charge is 0.354 e. The van der Waals surface area contributed by atoms with E-state index in [0.717, 1.165) is 103 Å². The Morgan fingerprint density at radius 2 is 0.917 bits per heavy atom. The number of ketones is 2. The summed E-state index contributed by atoms with van der Waals surface area (Å²) in [5, 5.41) is 6.63. The molecule has 0 aromatic carbocycles. The number of fused-ring (bicyclic) bond motifs is 6. The molecule has 266 valence electrons. The number of rotatable bonds is 5. The van der Waals surface area contributed by atoms with Gasteiger partial charge in [-0.3, -0.25) is 19.2 Å². The van der Waals surface area contributed by atoms with Gasteiger partial charge in [-0.25, -0.2) is 0 Å². The average Bonchev–Trinajstić information content (AvgIpc) is 3.32. The molecule has 0 unspecified atom stereocenters. The summed E-state index contributed by atoms with van der Waals surface area (Å²) in [5.41, 5.74) is -0.515. The fourth-order valence-electron chi connectivity index (χ4n) is 16.3. The van der Waals surface area contributed by atoms with E-state index in [4.69, 9.17) is 0 Å². The van der Waals surface area contributed by atoms with Gasteiger partial charge in [0.2, 0.25) is 11.8 Å². The van der Waals surface area contributed by atoms with E-state index in [9.17, 15) is 19.2 Å². The lowest BCUT2D eigenvalue weighted by Crippen LogP contribution is -2.61. The third kappa shape index (κ3) is 4.28. The van der Waals surface area contributed by atoms with E-state index in [2.05, 4.69) is 52.2 Å². The van der Waals surface area contributed by atoms with Crippen molar-refractivity contribution in [1.29, 1.82) is 0 Å². The summed E-state index contributed by atoms with van der Waals surface area (Å²) in [6.07, 6.45) is 18.6. The Kier molecular flexibility index (Phi) is 7.26. The van der Waals surface area contributed by atoms with Crippen LogP contribution in [-0.4, -0.2) is 36.5 Å². The fraction of sp³-hybridized carbons (Fsp3) is 0.905. The van der Waals surface area contributed by atoms with Crippen molar-refractivity contribution in [2.75, 3.05) is 13.1 Å². The smallest absolute Gasteiger partial charge is 0.226 e. The molecule has 8 rings (SSSR count). The summed E-state index contributed by atoms with van der Waals surface area (Å²) in [6, 6.07) is 0. The van der Waals surface area contributed by atoms with Crippen LogP contribution in [0.5, 0.6) is 0 Å². The average molecular weight is 661 g/mol. The standard InChI is InChI=1S/C42H64N2O4/c1-35-17-9-29-37(3)13-7-15-39(5,27(37)11-19-41(29,25-35)23-31(35)45)33(47)43-21-22-44-34(48)40(6)16-8-14-38(4)28(40)12-20-42-24-32(46)36(2,26-42)18-10-30(38)42/h27-30H,7-26H2,1-6H3,(H,43,47)(H,44,48)/t27-,28-,29-,30-,35+,36+,37+,38+,39+,40+,41+,42+/m0/s1. The highest BCUT2D eigenvalue weighted by Gasteiger charge is 2.69. The van der Waals surface area contributed by atoms with Gasteiger partial charge in [0, 0.05) is 47.6 Å². The maximum atomic E-state index is 14.1. The predicted molar refractivity (Wildman–Crippen MR) is 187 cm³/mol. The molecule has 6 heteroatoms. The lowest BCUT2D eigenvalue weighted by molar-refractivity contribution is -0.170. The minimum absolute atomic E-state index is 0.103. The molecule has 8 saturated carbocycles. The summed E-state index contributed by atoms with van der Waals surface area (Å²) in [6.45, 7) is 14.8.